The maximum Gasteiger partial charge on any atom is 0.120 e. The van der Waals surface area contributed by atoms with Crippen LogP contribution >= 0.6 is 0 Å². The van der Waals surface area contributed by atoms with E-state index in [2.05, 4.69) is 46.0 Å². The molecule has 0 aliphatic heterocycles. The molecule has 0 amide bonds. The fourth-order valence-corrected chi connectivity index (χ4v) is 1.59. The van der Waals surface area contributed by atoms with Crippen LogP contribution in [-0.4, -0.2) is 25.5 Å². The predicted molar refractivity (Wildman–Crippen MR) is 70.9 cm³/mol. The van der Waals surface area contributed by atoms with E-state index in [1.807, 2.05) is 6.92 Å². The molecule has 2 aromatic heterocycles. The number of nitrogens with zero attached hydrogens (tertiary/aromatic N) is 3. The quantitative estimate of drug-likeness (QED) is 0.868. The van der Waals surface area contributed by atoms with Gasteiger partial charge >= 0.3 is 0 Å². The Morgan fingerprint density at radius 3 is 2.56 bits per heavy atom. The molecule has 0 spiro atoms. The Morgan fingerprint density at radius 2 is 1.89 bits per heavy atom. The molecular formula is C13H19N5. The number of H-pyrrole nitrogens is 1. The van der Waals surface area contributed by atoms with Crippen molar-refractivity contribution in [2.45, 2.75) is 39.8 Å². The first-order valence-corrected chi connectivity index (χ1v) is 6.02. The molecule has 2 aromatic rings. The highest BCUT2D eigenvalue weighted by Crippen LogP contribution is 2.16. The van der Waals surface area contributed by atoms with Crippen LogP contribution in [0, 0.1) is 6.92 Å². The SMILES string of the molecule is Cc1nccnc1-c1cnc(CNC(C)(C)C)[nH]1. The number of nitrogens with one attached hydrogen (secondary N) is 2. The molecule has 18 heavy (non-hydrogen) atoms. The summed E-state index contributed by atoms with van der Waals surface area (Å²) in [6, 6.07) is 0. The molecule has 0 radical (unpaired) electrons. The highest BCUT2D eigenvalue weighted by Gasteiger charge is 2.11. The second kappa shape index (κ2) is 4.86. The van der Waals surface area contributed by atoms with E-state index < -0.39 is 0 Å². The Kier molecular flexibility index (Phi) is 3.43. The maximum absolute atomic E-state index is 4.35. The van der Waals surface area contributed by atoms with E-state index in [1.165, 1.54) is 0 Å². The summed E-state index contributed by atoms with van der Waals surface area (Å²) in [6.07, 6.45) is 5.18. The van der Waals surface area contributed by atoms with Crippen molar-refractivity contribution >= 4 is 0 Å². The van der Waals surface area contributed by atoms with Crippen LogP contribution in [0.4, 0.5) is 0 Å². The van der Waals surface area contributed by atoms with Crippen LogP contribution in [0.15, 0.2) is 18.6 Å². The fourth-order valence-electron chi connectivity index (χ4n) is 1.59. The second-order valence-electron chi connectivity index (χ2n) is 5.34. The largest absolute Gasteiger partial charge is 0.340 e. The number of rotatable bonds is 3. The van der Waals surface area contributed by atoms with Gasteiger partial charge < -0.3 is 10.3 Å². The lowest BCUT2D eigenvalue weighted by Gasteiger charge is -2.19. The highest BCUT2D eigenvalue weighted by molar-refractivity contribution is 5.55. The van der Waals surface area contributed by atoms with Crippen molar-refractivity contribution in [3.63, 3.8) is 0 Å². The van der Waals surface area contributed by atoms with Gasteiger partial charge in [-0.1, -0.05) is 0 Å². The van der Waals surface area contributed by atoms with Crippen molar-refractivity contribution in [3.05, 3.63) is 30.1 Å². The van der Waals surface area contributed by atoms with Crippen LogP contribution in [0.3, 0.4) is 0 Å². The van der Waals surface area contributed by atoms with Gasteiger partial charge in [0.2, 0.25) is 0 Å². The van der Waals surface area contributed by atoms with Gasteiger partial charge in [0.05, 0.1) is 24.1 Å². The summed E-state index contributed by atoms with van der Waals surface area (Å²) in [5, 5.41) is 3.39. The number of aryl methyl sites for hydroxylation is 1. The average Bonchev–Trinajstić information content (AvgIpc) is 2.75. The molecule has 0 unspecified atom stereocenters. The van der Waals surface area contributed by atoms with Gasteiger partial charge in [0.25, 0.3) is 0 Å². The number of imidazole rings is 1. The molecule has 2 N–H and O–H groups in total. The summed E-state index contributed by atoms with van der Waals surface area (Å²) in [6.45, 7) is 9.04. The van der Waals surface area contributed by atoms with Gasteiger partial charge in [-0.3, -0.25) is 9.97 Å². The van der Waals surface area contributed by atoms with E-state index >= 15 is 0 Å². The molecule has 96 valence electrons. The second-order valence-corrected chi connectivity index (χ2v) is 5.34. The molecule has 0 atom stereocenters. The normalized spacial score (nSPS) is 11.8. The zero-order chi connectivity index (χ0) is 13.2. The smallest absolute Gasteiger partial charge is 0.120 e. The molecular weight excluding hydrogens is 226 g/mol. The summed E-state index contributed by atoms with van der Waals surface area (Å²) in [7, 11) is 0. The number of hydrogen-bond donors (Lipinski definition) is 2. The summed E-state index contributed by atoms with van der Waals surface area (Å²) < 4.78 is 0. The summed E-state index contributed by atoms with van der Waals surface area (Å²) in [5.41, 5.74) is 2.74. The maximum atomic E-state index is 4.35. The van der Waals surface area contributed by atoms with Crippen LogP contribution < -0.4 is 5.32 Å². The van der Waals surface area contributed by atoms with Crippen molar-refractivity contribution < 1.29 is 0 Å². The summed E-state index contributed by atoms with van der Waals surface area (Å²) in [5.74, 6) is 0.907. The van der Waals surface area contributed by atoms with Crippen LogP contribution in [0.5, 0.6) is 0 Å². The van der Waals surface area contributed by atoms with E-state index in [9.17, 15) is 0 Å². The van der Waals surface area contributed by atoms with Gasteiger partial charge in [-0.2, -0.15) is 0 Å². The van der Waals surface area contributed by atoms with Crippen molar-refractivity contribution in [1.82, 2.24) is 25.3 Å². The van der Waals surface area contributed by atoms with Gasteiger partial charge in [-0.25, -0.2) is 4.98 Å². The third kappa shape index (κ3) is 3.13. The Morgan fingerprint density at radius 1 is 1.17 bits per heavy atom. The highest BCUT2D eigenvalue weighted by atomic mass is 15.0. The van der Waals surface area contributed by atoms with E-state index in [0.29, 0.717) is 6.54 Å². The fraction of sp³-hybridized carbons (Fsp3) is 0.462. The molecule has 0 aliphatic rings. The Bertz CT molecular complexity index is 524. The topological polar surface area (TPSA) is 66.5 Å². The first kappa shape index (κ1) is 12.7. The van der Waals surface area contributed by atoms with Crippen molar-refractivity contribution in [3.8, 4) is 11.4 Å². The molecule has 5 heteroatoms. The van der Waals surface area contributed by atoms with Gasteiger partial charge in [-0.05, 0) is 27.7 Å². The van der Waals surface area contributed by atoms with Gasteiger partial charge in [0, 0.05) is 17.9 Å². The van der Waals surface area contributed by atoms with Crippen LogP contribution in [0.2, 0.25) is 0 Å². The van der Waals surface area contributed by atoms with E-state index in [4.69, 9.17) is 0 Å². The monoisotopic (exact) mass is 245 g/mol. The molecule has 0 aliphatic carbocycles. The van der Waals surface area contributed by atoms with E-state index in [-0.39, 0.29) is 5.54 Å². The minimum atomic E-state index is 0.0788. The minimum absolute atomic E-state index is 0.0788. The van der Waals surface area contributed by atoms with Crippen molar-refractivity contribution in [1.29, 1.82) is 0 Å². The predicted octanol–water partition coefficient (Wildman–Crippen LogP) is 2.06. The van der Waals surface area contributed by atoms with Crippen LogP contribution in [-0.2, 0) is 6.54 Å². The zero-order valence-corrected chi connectivity index (χ0v) is 11.3. The third-order valence-electron chi connectivity index (χ3n) is 2.55. The van der Waals surface area contributed by atoms with E-state index in [1.54, 1.807) is 18.6 Å². The molecule has 2 rings (SSSR count). The lowest BCUT2D eigenvalue weighted by atomic mass is 10.1. The van der Waals surface area contributed by atoms with Gasteiger partial charge in [0.1, 0.15) is 11.5 Å². The lowest BCUT2D eigenvalue weighted by Crippen LogP contribution is -2.35. The van der Waals surface area contributed by atoms with Gasteiger partial charge in [-0.15, -0.1) is 0 Å². The summed E-state index contributed by atoms with van der Waals surface area (Å²) >= 11 is 0. The molecule has 0 aromatic carbocycles. The number of hydrogen-bond acceptors (Lipinski definition) is 4. The first-order chi connectivity index (χ1) is 8.46. The molecule has 0 bridgehead atoms. The Labute approximate surface area is 107 Å². The number of aromatic amines is 1. The summed E-state index contributed by atoms with van der Waals surface area (Å²) in [4.78, 5) is 16.2. The van der Waals surface area contributed by atoms with Crippen LogP contribution in [0.1, 0.15) is 32.3 Å². The Hall–Kier alpha value is -1.75. The number of aromatic nitrogens is 4. The van der Waals surface area contributed by atoms with Crippen LogP contribution in [0.25, 0.3) is 11.4 Å². The molecule has 0 saturated heterocycles. The average molecular weight is 245 g/mol. The third-order valence-corrected chi connectivity index (χ3v) is 2.55. The first-order valence-electron chi connectivity index (χ1n) is 6.02. The Balaban J connectivity index is 2.14. The molecule has 2 heterocycles. The molecule has 0 fully saturated rings. The molecule has 0 saturated carbocycles. The van der Waals surface area contributed by atoms with Crippen molar-refractivity contribution in [2.75, 3.05) is 0 Å². The molecule has 5 nitrogen and oxygen atoms in total. The minimum Gasteiger partial charge on any atom is -0.340 e. The lowest BCUT2D eigenvalue weighted by molar-refractivity contribution is 0.418. The van der Waals surface area contributed by atoms with Crippen molar-refractivity contribution in [2.24, 2.45) is 0 Å². The standard InChI is InChI=1S/C13H19N5/c1-9-12(15-6-5-14-9)10-7-16-11(18-10)8-17-13(2,3)4/h5-7,17H,8H2,1-4H3,(H,16,18). The zero-order valence-electron chi connectivity index (χ0n) is 11.3. The van der Waals surface area contributed by atoms with E-state index in [0.717, 1.165) is 22.9 Å². The van der Waals surface area contributed by atoms with Gasteiger partial charge in [0.15, 0.2) is 0 Å².